The Kier molecular flexibility index (Phi) is 4.77. The SMILES string of the molecule is COc1ccc(C=CC(=O)N2C(=O)C(=O)c3cc(Cl)ccc32)cc1OC. The first kappa shape index (κ1) is 17.7. The van der Waals surface area contributed by atoms with Crippen LogP contribution in [0.3, 0.4) is 0 Å². The quantitative estimate of drug-likeness (QED) is 0.610. The van der Waals surface area contributed by atoms with E-state index in [1.807, 2.05) is 0 Å². The number of anilines is 1. The molecule has 2 amide bonds. The molecule has 3 rings (SSSR count). The number of Topliss-reactive ketones (excluding diaryl/α,β-unsaturated/α-hetero) is 1. The van der Waals surface area contributed by atoms with Gasteiger partial charge in [0.2, 0.25) is 0 Å². The molecule has 0 fully saturated rings. The third-order valence-electron chi connectivity index (χ3n) is 3.89. The highest BCUT2D eigenvalue weighted by atomic mass is 35.5. The zero-order valence-corrected chi connectivity index (χ0v) is 14.7. The van der Waals surface area contributed by atoms with E-state index >= 15 is 0 Å². The summed E-state index contributed by atoms with van der Waals surface area (Å²) in [6.07, 6.45) is 2.74. The van der Waals surface area contributed by atoms with Crippen LogP contribution in [-0.2, 0) is 9.59 Å². The summed E-state index contributed by atoms with van der Waals surface area (Å²) >= 11 is 5.86. The van der Waals surface area contributed by atoms with Crippen molar-refractivity contribution in [1.82, 2.24) is 0 Å². The maximum atomic E-state index is 12.5. The minimum Gasteiger partial charge on any atom is -0.493 e. The summed E-state index contributed by atoms with van der Waals surface area (Å²) in [6, 6.07) is 9.49. The third-order valence-corrected chi connectivity index (χ3v) is 4.12. The molecule has 6 nitrogen and oxygen atoms in total. The highest BCUT2D eigenvalue weighted by Crippen LogP contribution is 2.32. The smallest absolute Gasteiger partial charge is 0.306 e. The van der Waals surface area contributed by atoms with Gasteiger partial charge in [-0.25, -0.2) is 4.90 Å². The molecule has 0 bridgehead atoms. The van der Waals surface area contributed by atoms with E-state index in [4.69, 9.17) is 21.1 Å². The van der Waals surface area contributed by atoms with Gasteiger partial charge in [0, 0.05) is 11.1 Å². The summed E-state index contributed by atoms with van der Waals surface area (Å²) in [6.45, 7) is 0. The summed E-state index contributed by atoms with van der Waals surface area (Å²) in [4.78, 5) is 37.5. The molecule has 1 aliphatic heterocycles. The zero-order valence-electron chi connectivity index (χ0n) is 14.0. The highest BCUT2D eigenvalue weighted by Gasteiger charge is 2.38. The Bertz CT molecular complexity index is 951. The number of nitrogens with zero attached hydrogens (tertiary/aromatic N) is 1. The van der Waals surface area contributed by atoms with Crippen LogP contribution in [0, 0.1) is 0 Å². The van der Waals surface area contributed by atoms with Crippen molar-refractivity contribution in [3.05, 3.63) is 58.6 Å². The summed E-state index contributed by atoms with van der Waals surface area (Å²) < 4.78 is 10.4. The van der Waals surface area contributed by atoms with Crippen LogP contribution in [0.25, 0.3) is 6.08 Å². The van der Waals surface area contributed by atoms with Crippen LogP contribution in [0.4, 0.5) is 5.69 Å². The number of carbonyl (C=O) groups excluding carboxylic acids is 3. The van der Waals surface area contributed by atoms with E-state index < -0.39 is 17.6 Å². The number of rotatable bonds is 4. The lowest BCUT2D eigenvalue weighted by Gasteiger charge is -2.12. The number of fused-ring (bicyclic) bond motifs is 1. The minimum absolute atomic E-state index is 0.121. The molecule has 0 radical (unpaired) electrons. The molecule has 1 heterocycles. The van der Waals surface area contributed by atoms with Crippen LogP contribution in [0.2, 0.25) is 5.02 Å². The largest absolute Gasteiger partial charge is 0.493 e. The van der Waals surface area contributed by atoms with E-state index in [9.17, 15) is 14.4 Å². The van der Waals surface area contributed by atoms with Crippen molar-refractivity contribution < 1.29 is 23.9 Å². The molecule has 0 N–H and O–H groups in total. The molecule has 2 aromatic carbocycles. The van der Waals surface area contributed by atoms with Gasteiger partial charge in [-0.2, -0.15) is 0 Å². The van der Waals surface area contributed by atoms with E-state index in [1.54, 1.807) is 18.2 Å². The number of hydrogen-bond acceptors (Lipinski definition) is 5. The number of imide groups is 1. The molecule has 0 saturated heterocycles. The van der Waals surface area contributed by atoms with Crippen molar-refractivity contribution in [2.45, 2.75) is 0 Å². The van der Waals surface area contributed by atoms with Crippen LogP contribution in [-0.4, -0.2) is 31.8 Å². The molecule has 2 aromatic rings. The van der Waals surface area contributed by atoms with E-state index in [0.717, 1.165) is 4.90 Å². The third kappa shape index (κ3) is 3.07. The zero-order chi connectivity index (χ0) is 18.8. The number of hydrogen-bond donors (Lipinski definition) is 0. The summed E-state index contributed by atoms with van der Waals surface area (Å²) in [5.41, 5.74) is 1.02. The number of amides is 2. The molecule has 26 heavy (non-hydrogen) atoms. The lowest BCUT2D eigenvalue weighted by molar-refractivity contribution is -0.121. The summed E-state index contributed by atoms with van der Waals surface area (Å²) in [5.74, 6) is -1.21. The Balaban J connectivity index is 1.88. The number of methoxy groups -OCH3 is 2. The first-order valence-corrected chi connectivity index (χ1v) is 7.96. The van der Waals surface area contributed by atoms with Gasteiger partial charge in [0.1, 0.15) is 0 Å². The van der Waals surface area contributed by atoms with E-state index in [2.05, 4.69) is 0 Å². The topological polar surface area (TPSA) is 72.9 Å². The predicted octanol–water partition coefficient (Wildman–Crippen LogP) is 3.13. The van der Waals surface area contributed by atoms with Gasteiger partial charge in [0.25, 0.3) is 11.7 Å². The van der Waals surface area contributed by atoms with Gasteiger partial charge in [0.05, 0.1) is 25.5 Å². The van der Waals surface area contributed by atoms with Crippen molar-refractivity contribution in [2.75, 3.05) is 19.1 Å². The normalized spacial score (nSPS) is 13.3. The fourth-order valence-corrected chi connectivity index (χ4v) is 2.80. The van der Waals surface area contributed by atoms with Gasteiger partial charge in [-0.3, -0.25) is 14.4 Å². The molecule has 7 heteroatoms. The maximum absolute atomic E-state index is 12.5. The Morgan fingerprint density at radius 1 is 1.04 bits per heavy atom. The van der Waals surface area contributed by atoms with Crippen molar-refractivity contribution >= 4 is 41.0 Å². The van der Waals surface area contributed by atoms with Gasteiger partial charge >= 0.3 is 5.91 Å². The maximum Gasteiger partial charge on any atom is 0.306 e. The first-order valence-electron chi connectivity index (χ1n) is 7.58. The van der Waals surface area contributed by atoms with E-state index in [1.165, 1.54) is 44.6 Å². The first-order chi connectivity index (χ1) is 12.5. The van der Waals surface area contributed by atoms with Crippen molar-refractivity contribution in [1.29, 1.82) is 0 Å². The minimum atomic E-state index is -0.899. The van der Waals surface area contributed by atoms with Gasteiger partial charge < -0.3 is 9.47 Å². The summed E-state index contributed by atoms with van der Waals surface area (Å²) in [5, 5.41) is 0.320. The molecular formula is C19H14ClNO5. The average Bonchev–Trinajstić information content (AvgIpc) is 2.90. The van der Waals surface area contributed by atoms with E-state index in [-0.39, 0.29) is 11.3 Å². The molecule has 0 aromatic heterocycles. The van der Waals surface area contributed by atoms with Crippen LogP contribution < -0.4 is 14.4 Å². The number of benzene rings is 2. The van der Waals surface area contributed by atoms with Crippen molar-refractivity contribution in [3.8, 4) is 11.5 Å². The molecule has 1 aliphatic rings. The number of ketones is 1. The number of carbonyl (C=O) groups is 3. The Morgan fingerprint density at radius 2 is 1.77 bits per heavy atom. The predicted molar refractivity (Wildman–Crippen MR) is 96.9 cm³/mol. The van der Waals surface area contributed by atoms with Gasteiger partial charge in [-0.1, -0.05) is 17.7 Å². The Labute approximate surface area is 154 Å². The lowest BCUT2D eigenvalue weighted by Crippen LogP contribution is -2.34. The molecule has 0 aliphatic carbocycles. The van der Waals surface area contributed by atoms with Gasteiger partial charge in [-0.15, -0.1) is 0 Å². The standard InChI is InChI=1S/C19H14ClNO5/c1-25-15-7-3-11(9-16(15)26-2)4-8-17(22)21-14-6-5-12(20)10-13(14)18(23)19(21)24/h3-10H,1-2H3. The van der Waals surface area contributed by atoms with Crippen molar-refractivity contribution in [3.63, 3.8) is 0 Å². The summed E-state index contributed by atoms with van der Waals surface area (Å²) in [7, 11) is 3.03. The van der Waals surface area contributed by atoms with Crippen LogP contribution >= 0.6 is 11.6 Å². The Morgan fingerprint density at radius 3 is 2.46 bits per heavy atom. The number of halogens is 1. The Hall–Kier alpha value is -3.12. The molecule has 0 saturated carbocycles. The lowest BCUT2D eigenvalue weighted by atomic mass is 10.1. The molecule has 0 atom stereocenters. The fraction of sp³-hybridized carbons (Fsp3) is 0.105. The van der Waals surface area contributed by atoms with Gasteiger partial charge in [0.15, 0.2) is 11.5 Å². The van der Waals surface area contributed by atoms with E-state index in [0.29, 0.717) is 22.1 Å². The van der Waals surface area contributed by atoms with Gasteiger partial charge in [-0.05, 0) is 42.0 Å². The van der Waals surface area contributed by atoms with Crippen LogP contribution in [0.15, 0.2) is 42.5 Å². The second-order valence-electron chi connectivity index (χ2n) is 5.42. The van der Waals surface area contributed by atoms with Crippen LogP contribution in [0.5, 0.6) is 11.5 Å². The van der Waals surface area contributed by atoms with Crippen LogP contribution in [0.1, 0.15) is 15.9 Å². The average molecular weight is 372 g/mol. The highest BCUT2D eigenvalue weighted by molar-refractivity contribution is 6.57. The number of ether oxygens (including phenoxy) is 2. The second-order valence-corrected chi connectivity index (χ2v) is 5.85. The molecule has 0 spiro atoms. The molecule has 132 valence electrons. The monoisotopic (exact) mass is 371 g/mol. The fourth-order valence-electron chi connectivity index (χ4n) is 2.63. The van der Waals surface area contributed by atoms with Crippen molar-refractivity contribution in [2.24, 2.45) is 0 Å². The molecular weight excluding hydrogens is 358 g/mol. The second kappa shape index (κ2) is 7.01. The molecule has 0 unspecified atom stereocenters.